The lowest BCUT2D eigenvalue weighted by atomic mass is 9.93. The summed E-state index contributed by atoms with van der Waals surface area (Å²) in [5.41, 5.74) is 5.37. The Hall–Kier alpha value is -1.52. The lowest BCUT2D eigenvalue weighted by Gasteiger charge is -2.12. The van der Waals surface area contributed by atoms with Gasteiger partial charge in [0, 0.05) is 11.5 Å². The Morgan fingerprint density at radius 1 is 1.62 bits per heavy atom. The van der Waals surface area contributed by atoms with Crippen LogP contribution in [0.15, 0.2) is 10.6 Å². The fourth-order valence-electron chi connectivity index (χ4n) is 0.759. The van der Waals surface area contributed by atoms with Crippen LogP contribution in [0.5, 0.6) is 5.95 Å². The molecule has 0 spiro atoms. The molecule has 1 aromatic heterocycles. The molecule has 0 saturated carbocycles. The van der Waals surface area contributed by atoms with Gasteiger partial charge in [-0.2, -0.15) is 0 Å². The summed E-state index contributed by atoms with van der Waals surface area (Å²) in [6.45, 7) is 5.91. The largest absolute Gasteiger partial charge is 0.412 e. The van der Waals surface area contributed by atoms with Crippen molar-refractivity contribution < 1.29 is 14.1 Å². The van der Waals surface area contributed by atoms with E-state index in [-0.39, 0.29) is 11.4 Å². The van der Waals surface area contributed by atoms with Gasteiger partial charge >= 0.3 is 12.0 Å². The lowest BCUT2D eigenvalue weighted by Crippen LogP contribution is -2.16. The molecular formula is C8H12N2O3. The number of primary amides is 1. The summed E-state index contributed by atoms with van der Waals surface area (Å²) in [6.07, 6.45) is -0.906. The third-order valence-corrected chi connectivity index (χ3v) is 1.46. The van der Waals surface area contributed by atoms with Crippen molar-refractivity contribution in [2.24, 2.45) is 5.73 Å². The summed E-state index contributed by atoms with van der Waals surface area (Å²) in [7, 11) is 0. The van der Waals surface area contributed by atoms with Gasteiger partial charge in [0.25, 0.3) is 0 Å². The number of rotatable bonds is 1. The van der Waals surface area contributed by atoms with E-state index in [2.05, 4.69) is 9.89 Å². The molecule has 0 aliphatic heterocycles. The monoisotopic (exact) mass is 184 g/mol. The molecule has 72 valence electrons. The summed E-state index contributed by atoms with van der Waals surface area (Å²) in [5, 5.41) is 3.73. The molecule has 1 rings (SSSR count). The van der Waals surface area contributed by atoms with E-state index in [9.17, 15) is 4.79 Å². The normalized spacial score (nSPS) is 11.3. The van der Waals surface area contributed by atoms with Gasteiger partial charge in [-0.3, -0.25) is 0 Å². The number of nitrogens with two attached hydrogens (primary N) is 1. The Balaban J connectivity index is 2.81. The van der Waals surface area contributed by atoms with Gasteiger partial charge < -0.3 is 15.0 Å². The SMILES string of the molecule is CC(C)(C)c1cc(OC(N)=O)on1. The van der Waals surface area contributed by atoms with Crippen LogP contribution < -0.4 is 10.5 Å². The van der Waals surface area contributed by atoms with E-state index < -0.39 is 6.09 Å². The summed E-state index contributed by atoms with van der Waals surface area (Å²) in [6, 6.07) is 1.55. The van der Waals surface area contributed by atoms with E-state index in [0.29, 0.717) is 5.69 Å². The quantitative estimate of drug-likeness (QED) is 0.716. The molecule has 0 aliphatic rings. The second-order valence-corrected chi connectivity index (χ2v) is 3.70. The number of carbonyl (C=O) groups excluding carboxylic acids is 1. The zero-order valence-electron chi connectivity index (χ0n) is 7.83. The molecule has 0 saturated heterocycles. The van der Waals surface area contributed by atoms with E-state index in [1.165, 1.54) is 0 Å². The molecule has 1 heterocycles. The molecular weight excluding hydrogens is 172 g/mol. The number of nitrogens with zero attached hydrogens (tertiary/aromatic N) is 1. The molecule has 1 amide bonds. The average molecular weight is 184 g/mol. The van der Waals surface area contributed by atoms with Crippen LogP contribution in [-0.2, 0) is 5.41 Å². The second kappa shape index (κ2) is 3.08. The minimum atomic E-state index is -0.906. The highest BCUT2D eigenvalue weighted by molar-refractivity contribution is 5.67. The summed E-state index contributed by atoms with van der Waals surface area (Å²) < 4.78 is 9.23. The van der Waals surface area contributed by atoms with Gasteiger partial charge in [-0.15, -0.1) is 0 Å². The van der Waals surface area contributed by atoms with Crippen LogP contribution in [0.4, 0.5) is 4.79 Å². The van der Waals surface area contributed by atoms with E-state index in [4.69, 9.17) is 10.3 Å². The van der Waals surface area contributed by atoms with E-state index >= 15 is 0 Å². The third kappa shape index (κ3) is 2.47. The molecule has 0 fully saturated rings. The average Bonchev–Trinajstić information content (AvgIpc) is 2.32. The fourth-order valence-corrected chi connectivity index (χ4v) is 0.759. The summed E-state index contributed by atoms with van der Waals surface area (Å²) in [4.78, 5) is 10.3. The van der Waals surface area contributed by atoms with Gasteiger partial charge in [0.05, 0.1) is 5.69 Å². The van der Waals surface area contributed by atoms with Crippen molar-refractivity contribution in [2.45, 2.75) is 26.2 Å². The number of hydrogen-bond acceptors (Lipinski definition) is 4. The maximum Gasteiger partial charge on any atom is 0.412 e. The minimum Gasteiger partial charge on any atom is -0.374 e. The van der Waals surface area contributed by atoms with E-state index in [1.54, 1.807) is 6.07 Å². The molecule has 0 aromatic carbocycles. The van der Waals surface area contributed by atoms with Gasteiger partial charge in [0.15, 0.2) is 0 Å². The van der Waals surface area contributed by atoms with Crippen molar-refractivity contribution in [3.8, 4) is 5.95 Å². The van der Waals surface area contributed by atoms with Crippen molar-refractivity contribution in [1.82, 2.24) is 5.16 Å². The zero-order valence-corrected chi connectivity index (χ0v) is 7.83. The molecule has 5 nitrogen and oxygen atoms in total. The topological polar surface area (TPSA) is 78.4 Å². The Morgan fingerprint density at radius 3 is 2.62 bits per heavy atom. The van der Waals surface area contributed by atoms with Gasteiger partial charge in [-0.25, -0.2) is 4.79 Å². The van der Waals surface area contributed by atoms with Crippen LogP contribution in [0.2, 0.25) is 0 Å². The molecule has 0 atom stereocenters. The maximum atomic E-state index is 10.3. The fraction of sp³-hybridized carbons (Fsp3) is 0.500. The third-order valence-electron chi connectivity index (χ3n) is 1.46. The summed E-state index contributed by atoms with van der Waals surface area (Å²) in [5.74, 6) is 0.0254. The van der Waals surface area contributed by atoms with Crippen LogP contribution in [0.3, 0.4) is 0 Å². The Bertz CT molecular complexity index is 311. The highest BCUT2D eigenvalue weighted by atomic mass is 16.7. The molecule has 0 bridgehead atoms. The van der Waals surface area contributed by atoms with Gasteiger partial charge in [-0.05, 0) is 0 Å². The second-order valence-electron chi connectivity index (χ2n) is 3.70. The predicted octanol–water partition coefficient (Wildman–Crippen LogP) is 1.43. The highest BCUT2D eigenvalue weighted by Gasteiger charge is 2.19. The van der Waals surface area contributed by atoms with Gasteiger partial charge in [-0.1, -0.05) is 25.9 Å². The van der Waals surface area contributed by atoms with Crippen LogP contribution in [0.1, 0.15) is 26.5 Å². The first-order valence-corrected chi connectivity index (χ1v) is 3.84. The van der Waals surface area contributed by atoms with E-state index in [0.717, 1.165) is 0 Å². The maximum absolute atomic E-state index is 10.3. The van der Waals surface area contributed by atoms with Gasteiger partial charge in [0.1, 0.15) is 0 Å². The highest BCUT2D eigenvalue weighted by Crippen LogP contribution is 2.24. The number of amides is 1. The van der Waals surface area contributed by atoms with Crippen molar-refractivity contribution in [2.75, 3.05) is 0 Å². The number of ether oxygens (including phenoxy) is 1. The molecule has 5 heteroatoms. The number of hydrogen-bond donors (Lipinski definition) is 1. The lowest BCUT2D eigenvalue weighted by molar-refractivity contribution is 0.190. The smallest absolute Gasteiger partial charge is 0.374 e. The van der Waals surface area contributed by atoms with E-state index in [1.807, 2.05) is 20.8 Å². The Morgan fingerprint density at radius 2 is 2.23 bits per heavy atom. The van der Waals surface area contributed by atoms with Crippen LogP contribution in [0.25, 0.3) is 0 Å². The Kier molecular flexibility index (Phi) is 2.27. The molecule has 1 aromatic rings. The minimum absolute atomic E-state index is 0.0254. The molecule has 2 N–H and O–H groups in total. The predicted molar refractivity (Wildman–Crippen MR) is 45.4 cm³/mol. The van der Waals surface area contributed by atoms with Crippen molar-refractivity contribution in [3.63, 3.8) is 0 Å². The molecule has 0 unspecified atom stereocenters. The first-order chi connectivity index (χ1) is 5.89. The Labute approximate surface area is 75.8 Å². The molecule has 0 radical (unpaired) electrons. The number of carbonyl (C=O) groups is 1. The number of aromatic nitrogens is 1. The first kappa shape index (κ1) is 9.57. The van der Waals surface area contributed by atoms with Crippen molar-refractivity contribution in [1.29, 1.82) is 0 Å². The summed E-state index contributed by atoms with van der Waals surface area (Å²) >= 11 is 0. The molecule has 0 aliphatic carbocycles. The van der Waals surface area contributed by atoms with Crippen molar-refractivity contribution in [3.05, 3.63) is 11.8 Å². The first-order valence-electron chi connectivity index (χ1n) is 3.84. The van der Waals surface area contributed by atoms with Gasteiger partial charge in [0.2, 0.25) is 0 Å². The standard InChI is InChI=1S/C8H12N2O3/c1-8(2,3)5-4-6(13-10-5)12-7(9)11/h4H,1-3H3,(H2,9,11). The van der Waals surface area contributed by atoms with Crippen molar-refractivity contribution >= 4 is 6.09 Å². The molecule has 13 heavy (non-hydrogen) atoms. The van der Waals surface area contributed by atoms with Crippen LogP contribution in [-0.4, -0.2) is 11.2 Å². The zero-order chi connectivity index (χ0) is 10.1. The van der Waals surface area contributed by atoms with Crippen LogP contribution >= 0.6 is 0 Å². The van der Waals surface area contributed by atoms with Crippen LogP contribution in [0, 0.1) is 0 Å².